The predicted octanol–water partition coefficient (Wildman–Crippen LogP) is 1.65. The van der Waals surface area contributed by atoms with Crippen molar-refractivity contribution in [2.75, 3.05) is 5.32 Å². The Morgan fingerprint density at radius 2 is 2.24 bits per heavy atom. The highest BCUT2D eigenvalue weighted by Crippen LogP contribution is 2.36. The summed E-state index contributed by atoms with van der Waals surface area (Å²) >= 11 is 0. The lowest BCUT2D eigenvalue weighted by molar-refractivity contribution is -0.117. The van der Waals surface area contributed by atoms with Crippen LogP contribution in [0.2, 0.25) is 0 Å². The Morgan fingerprint density at radius 1 is 1.36 bits per heavy atom. The van der Waals surface area contributed by atoms with Crippen molar-refractivity contribution in [2.45, 2.75) is 57.2 Å². The maximum atomic E-state index is 12.5. The highest BCUT2D eigenvalue weighted by atomic mass is 16.2. The summed E-state index contributed by atoms with van der Waals surface area (Å²) < 4.78 is 1.87. The molecule has 1 aliphatic carbocycles. The van der Waals surface area contributed by atoms with Gasteiger partial charge in [-0.25, -0.2) is 10.1 Å². The average Bonchev–Trinajstić information content (AvgIpc) is 3.15. The predicted molar refractivity (Wildman–Crippen MR) is 93.5 cm³/mol. The van der Waals surface area contributed by atoms with E-state index < -0.39 is 0 Å². The van der Waals surface area contributed by atoms with E-state index in [0.29, 0.717) is 12.1 Å². The molecule has 1 aliphatic heterocycles. The van der Waals surface area contributed by atoms with Crippen molar-refractivity contribution in [3.05, 3.63) is 24.3 Å². The molecule has 0 bridgehead atoms. The summed E-state index contributed by atoms with van der Waals surface area (Å²) in [6, 6.07) is 8.25. The minimum absolute atomic E-state index is 0.0231. The molecule has 2 aromatic rings. The van der Waals surface area contributed by atoms with E-state index in [0.717, 1.165) is 49.2 Å². The van der Waals surface area contributed by atoms with Gasteiger partial charge in [0.25, 0.3) is 0 Å². The number of benzene rings is 1. The van der Waals surface area contributed by atoms with Crippen molar-refractivity contribution in [1.82, 2.24) is 31.1 Å². The van der Waals surface area contributed by atoms with Gasteiger partial charge in [-0.15, -0.1) is 5.10 Å². The van der Waals surface area contributed by atoms with E-state index in [1.165, 1.54) is 0 Å². The maximum absolute atomic E-state index is 12.5. The fourth-order valence-corrected chi connectivity index (χ4v) is 3.25. The first-order chi connectivity index (χ1) is 12.2. The second kappa shape index (κ2) is 6.89. The summed E-state index contributed by atoms with van der Waals surface area (Å²) in [5.41, 5.74) is 7.95. The molecule has 1 aromatic carbocycles. The first-order valence-corrected chi connectivity index (χ1v) is 8.95. The highest BCUT2D eigenvalue weighted by Gasteiger charge is 2.29. The van der Waals surface area contributed by atoms with E-state index in [2.05, 4.69) is 38.6 Å². The standard InChI is InChI=1S/C17H23N7O/c1-2-4-13-10-15(20-19-13)17(25)18-12-6-3-5-11(9-12)16-21-22-23-24(16)14-7-8-14/h3,5-6,9,13-15,19-20H,2,4,7-8,10H2,1H3,(H,18,25). The van der Waals surface area contributed by atoms with Crippen LogP contribution in [0.1, 0.15) is 45.1 Å². The quantitative estimate of drug-likeness (QED) is 0.739. The summed E-state index contributed by atoms with van der Waals surface area (Å²) in [6.07, 6.45) is 5.21. The van der Waals surface area contributed by atoms with Gasteiger partial charge in [0.1, 0.15) is 6.04 Å². The molecule has 8 heteroatoms. The number of aromatic nitrogens is 4. The molecule has 2 unspecified atom stereocenters. The summed E-state index contributed by atoms with van der Waals surface area (Å²) in [5.74, 6) is 0.729. The van der Waals surface area contributed by atoms with Crippen molar-refractivity contribution >= 4 is 11.6 Å². The van der Waals surface area contributed by atoms with Gasteiger partial charge in [0, 0.05) is 17.3 Å². The van der Waals surface area contributed by atoms with Crippen LogP contribution >= 0.6 is 0 Å². The van der Waals surface area contributed by atoms with Crippen LogP contribution in [0.4, 0.5) is 5.69 Å². The Kier molecular flexibility index (Phi) is 4.46. The lowest BCUT2D eigenvalue weighted by Gasteiger charge is -2.11. The molecule has 0 spiro atoms. The van der Waals surface area contributed by atoms with Gasteiger partial charge in [0.15, 0.2) is 5.82 Å². The lowest BCUT2D eigenvalue weighted by Crippen LogP contribution is -2.40. The van der Waals surface area contributed by atoms with E-state index >= 15 is 0 Å². The van der Waals surface area contributed by atoms with E-state index in [4.69, 9.17) is 0 Å². The normalized spacial score (nSPS) is 22.9. The highest BCUT2D eigenvalue weighted by molar-refractivity contribution is 5.95. The number of hydrazine groups is 1. The molecule has 0 radical (unpaired) electrons. The zero-order chi connectivity index (χ0) is 17.2. The summed E-state index contributed by atoms with van der Waals surface area (Å²) in [7, 11) is 0. The van der Waals surface area contributed by atoms with Crippen LogP contribution in [0.3, 0.4) is 0 Å². The lowest BCUT2D eigenvalue weighted by atomic mass is 10.1. The molecular formula is C17H23N7O. The Morgan fingerprint density at radius 3 is 3.04 bits per heavy atom. The molecule has 1 saturated carbocycles. The second-order valence-electron chi connectivity index (χ2n) is 6.81. The number of nitrogens with zero attached hydrogens (tertiary/aromatic N) is 4. The molecule has 4 rings (SSSR count). The molecular weight excluding hydrogens is 318 g/mol. The second-order valence-corrected chi connectivity index (χ2v) is 6.81. The molecule has 1 saturated heterocycles. The molecule has 2 atom stereocenters. The number of carbonyl (C=O) groups is 1. The van der Waals surface area contributed by atoms with Gasteiger partial charge < -0.3 is 5.32 Å². The monoisotopic (exact) mass is 341 g/mol. The molecule has 3 N–H and O–H groups in total. The Labute approximate surface area is 146 Å². The minimum Gasteiger partial charge on any atom is -0.325 e. The number of tetrazole rings is 1. The number of hydrogen-bond acceptors (Lipinski definition) is 6. The summed E-state index contributed by atoms with van der Waals surface area (Å²) in [5, 5.41) is 15.0. The van der Waals surface area contributed by atoms with Crippen molar-refractivity contribution in [3.8, 4) is 11.4 Å². The van der Waals surface area contributed by atoms with Crippen LogP contribution < -0.4 is 16.2 Å². The van der Waals surface area contributed by atoms with Crippen LogP contribution in [-0.2, 0) is 4.79 Å². The van der Waals surface area contributed by atoms with Crippen molar-refractivity contribution in [3.63, 3.8) is 0 Å². The Hall–Kier alpha value is -2.32. The summed E-state index contributed by atoms with van der Waals surface area (Å²) in [6.45, 7) is 2.15. The number of rotatable bonds is 6. The topological polar surface area (TPSA) is 96.8 Å². The molecule has 8 nitrogen and oxygen atoms in total. The van der Waals surface area contributed by atoms with Gasteiger partial charge in [0.2, 0.25) is 5.91 Å². The Bertz CT molecular complexity index is 755. The van der Waals surface area contributed by atoms with E-state index in [9.17, 15) is 4.79 Å². The van der Waals surface area contributed by atoms with Crippen LogP contribution in [0, 0.1) is 0 Å². The zero-order valence-electron chi connectivity index (χ0n) is 14.3. The third-order valence-corrected chi connectivity index (χ3v) is 4.71. The molecule has 2 heterocycles. The molecule has 132 valence electrons. The molecule has 1 aromatic heterocycles. The first kappa shape index (κ1) is 16.2. The first-order valence-electron chi connectivity index (χ1n) is 8.95. The fourth-order valence-electron chi connectivity index (χ4n) is 3.25. The third-order valence-electron chi connectivity index (χ3n) is 4.71. The minimum atomic E-state index is -0.211. The largest absolute Gasteiger partial charge is 0.325 e. The van der Waals surface area contributed by atoms with Gasteiger partial charge in [-0.2, -0.15) is 0 Å². The zero-order valence-corrected chi connectivity index (χ0v) is 14.3. The fraction of sp³-hybridized carbons (Fsp3) is 0.529. The molecule has 2 aliphatic rings. The van der Waals surface area contributed by atoms with Crippen LogP contribution in [-0.4, -0.2) is 38.2 Å². The van der Waals surface area contributed by atoms with Crippen molar-refractivity contribution in [2.24, 2.45) is 0 Å². The maximum Gasteiger partial charge on any atom is 0.242 e. The molecule has 2 fully saturated rings. The van der Waals surface area contributed by atoms with Gasteiger partial charge in [-0.1, -0.05) is 25.5 Å². The molecule has 1 amide bonds. The van der Waals surface area contributed by atoms with Crippen molar-refractivity contribution < 1.29 is 4.79 Å². The SMILES string of the molecule is CCCC1CC(C(=O)Nc2cccc(-c3nnnn3C3CC3)c2)NN1. The smallest absolute Gasteiger partial charge is 0.242 e. The van der Waals surface area contributed by atoms with Crippen LogP contribution in [0.15, 0.2) is 24.3 Å². The number of hydrogen-bond donors (Lipinski definition) is 3. The molecule has 25 heavy (non-hydrogen) atoms. The van der Waals surface area contributed by atoms with E-state index in [1.807, 2.05) is 28.9 Å². The number of nitrogens with one attached hydrogen (secondary N) is 3. The van der Waals surface area contributed by atoms with Gasteiger partial charge in [0.05, 0.1) is 6.04 Å². The van der Waals surface area contributed by atoms with Crippen molar-refractivity contribution in [1.29, 1.82) is 0 Å². The van der Waals surface area contributed by atoms with Crippen LogP contribution in [0.25, 0.3) is 11.4 Å². The number of anilines is 1. The van der Waals surface area contributed by atoms with E-state index in [-0.39, 0.29) is 11.9 Å². The van der Waals surface area contributed by atoms with Gasteiger partial charge in [-0.3, -0.25) is 10.2 Å². The number of amides is 1. The van der Waals surface area contributed by atoms with Crippen LogP contribution in [0.5, 0.6) is 0 Å². The summed E-state index contributed by atoms with van der Waals surface area (Å²) in [4.78, 5) is 12.5. The average molecular weight is 341 g/mol. The van der Waals surface area contributed by atoms with Gasteiger partial charge in [-0.05, 0) is 48.2 Å². The van der Waals surface area contributed by atoms with Gasteiger partial charge >= 0.3 is 0 Å². The van der Waals surface area contributed by atoms with E-state index in [1.54, 1.807) is 0 Å². The number of carbonyl (C=O) groups excluding carboxylic acids is 1. The Balaban J connectivity index is 1.45. The third kappa shape index (κ3) is 3.54.